The SMILES string of the molecule is Cc1ccc(N=C2NC(=O)C(Cc3ccccc3F)S2)cc1. The van der Waals surface area contributed by atoms with Gasteiger partial charge in [-0.1, -0.05) is 47.7 Å². The van der Waals surface area contributed by atoms with Crippen LogP contribution >= 0.6 is 11.8 Å². The van der Waals surface area contributed by atoms with Gasteiger partial charge in [0.1, 0.15) is 5.82 Å². The highest BCUT2D eigenvalue weighted by Gasteiger charge is 2.30. The Morgan fingerprint density at radius 3 is 2.64 bits per heavy atom. The molecule has 3 nitrogen and oxygen atoms in total. The van der Waals surface area contributed by atoms with Gasteiger partial charge in [-0.05, 0) is 37.1 Å². The molecule has 1 unspecified atom stereocenters. The molecule has 0 radical (unpaired) electrons. The third-order valence-electron chi connectivity index (χ3n) is 3.40. The molecule has 1 saturated heterocycles. The number of nitrogens with zero attached hydrogens (tertiary/aromatic N) is 1. The first-order chi connectivity index (χ1) is 10.6. The van der Waals surface area contributed by atoms with E-state index in [9.17, 15) is 9.18 Å². The van der Waals surface area contributed by atoms with Gasteiger partial charge in [-0.3, -0.25) is 4.79 Å². The number of carbonyl (C=O) groups is 1. The van der Waals surface area contributed by atoms with Crippen molar-refractivity contribution in [3.63, 3.8) is 0 Å². The lowest BCUT2D eigenvalue weighted by Crippen LogP contribution is -2.26. The Morgan fingerprint density at radius 2 is 1.91 bits per heavy atom. The molecular weight excluding hydrogens is 299 g/mol. The van der Waals surface area contributed by atoms with Gasteiger partial charge in [-0.25, -0.2) is 9.38 Å². The maximum atomic E-state index is 13.7. The summed E-state index contributed by atoms with van der Waals surface area (Å²) in [6.45, 7) is 2.01. The first kappa shape index (κ1) is 14.8. The molecule has 1 heterocycles. The van der Waals surface area contributed by atoms with E-state index in [-0.39, 0.29) is 17.0 Å². The molecule has 2 aromatic rings. The van der Waals surface area contributed by atoms with Crippen LogP contribution in [-0.2, 0) is 11.2 Å². The number of aryl methyl sites for hydroxylation is 1. The minimum atomic E-state index is -0.346. The van der Waals surface area contributed by atoms with Crippen LogP contribution < -0.4 is 5.32 Å². The second-order valence-electron chi connectivity index (χ2n) is 5.14. The molecule has 112 valence electrons. The van der Waals surface area contributed by atoms with Crippen LogP contribution in [0.25, 0.3) is 0 Å². The summed E-state index contributed by atoms with van der Waals surface area (Å²) in [6, 6.07) is 14.3. The standard InChI is InChI=1S/C17H15FN2OS/c1-11-6-8-13(9-7-11)19-17-20-16(21)15(22-17)10-12-4-2-3-5-14(12)18/h2-9,15H,10H2,1H3,(H,19,20,21). The van der Waals surface area contributed by atoms with Gasteiger partial charge >= 0.3 is 0 Å². The van der Waals surface area contributed by atoms with Crippen LogP contribution in [0.5, 0.6) is 0 Å². The van der Waals surface area contributed by atoms with Crippen molar-refractivity contribution in [3.8, 4) is 0 Å². The second-order valence-corrected chi connectivity index (χ2v) is 6.34. The highest BCUT2D eigenvalue weighted by Crippen LogP contribution is 2.26. The zero-order valence-electron chi connectivity index (χ0n) is 12.0. The van der Waals surface area contributed by atoms with Crippen molar-refractivity contribution >= 4 is 28.5 Å². The molecule has 1 fully saturated rings. The third-order valence-corrected chi connectivity index (χ3v) is 4.49. The summed E-state index contributed by atoms with van der Waals surface area (Å²) < 4.78 is 13.7. The van der Waals surface area contributed by atoms with E-state index in [1.54, 1.807) is 18.2 Å². The number of nitrogens with one attached hydrogen (secondary N) is 1. The van der Waals surface area contributed by atoms with Crippen molar-refractivity contribution in [2.45, 2.75) is 18.6 Å². The molecule has 1 amide bonds. The lowest BCUT2D eigenvalue weighted by atomic mass is 10.1. The Balaban J connectivity index is 1.73. The molecule has 0 aromatic heterocycles. The van der Waals surface area contributed by atoms with E-state index in [1.807, 2.05) is 31.2 Å². The van der Waals surface area contributed by atoms with E-state index in [0.29, 0.717) is 17.2 Å². The normalized spacial score (nSPS) is 19.5. The van der Waals surface area contributed by atoms with Crippen molar-refractivity contribution in [1.29, 1.82) is 0 Å². The van der Waals surface area contributed by atoms with Crippen molar-refractivity contribution in [2.24, 2.45) is 4.99 Å². The number of thioether (sulfide) groups is 1. The number of hydrogen-bond donors (Lipinski definition) is 1. The molecule has 1 aliphatic rings. The van der Waals surface area contributed by atoms with Gasteiger partial charge < -0.3 is 5.32 Å². The fourth-order valence-electron chi connectivity index (χ4n) is 2.19. The van der Waals surface area contributed by atoms with E-state index >= 15 is 0 Å². The highest BCUT2D eigenvalue weighted by atomic mass is 32.2. The Hall–Kier alpha value is -2.14. The van der Waals surface area contributed by atoms with Crippen LogP contribution in [0, 0.1) is 12.7 Å². The minimum absolute atomic E-state index is 0.126. The summed E-state index contributed by atoms with van der Waals surface area (Å²) in [4.78, 5) is 16.4. The molecule has 22 heavy (non-hydrogen) atoms. The molecule has 0 spiro atoms. The Morgan fingerprint density at radius 1 is 1.18 bits per heavy atom. The third kappa shape index (κ3) is 3.36. The van der Waals surface area contributed by atoms with Gasteiger partial charge in [0.15, 0.2) is 5.17 Å². The number of halogens is 1. The molecular formula is C17H15FN2OS. The van der Waals surface area contributed by atoms with Crippen LogP contribution in [0.15, 0.2) is 53.5 Å². The largest absolute Gasteiger partial charge is 0.304 e. The zero-order valence-corrected chi connectivity index (χ0v) is 12.9. The van der Waals surface area contributed by atoms with Crippen LogP contribution in [0.2, 0.25) is 0 Å². The summed E-state index contributed by atoms with van der Waals surface area (Å²) in [7, 11) is 0. The molecule has 0 saturated carbocycles. The van der Waals surface area contributed by atoms with Crippen LogP contribution in [0.4, 0.5) is 10.1 Å². The quantitative estimate of drug-likeness (QED) is 0.940. The number of amides is 1. The second kappa shape index (κ2) is 6.32. The number of benzene rings is 2. The van der Waals surface area contributed by atoms with Crippen LogP contribution in [0.1, 0.15) is 11.1 Å². The van der Waals surface area contributed by atoms with Crippen molar-refractivity contribution in [3.05, 3.63) is 65.5 Å². The van der Waals surface area contributed by atoms with Crippen molar-refractivity contribution < 1.29 is 9.18 Å². The molecule has 1 N–H and O–H groups in total. The van der Waals surface area contributed by atoms with E-state index < -0.39 is 0 Å². The summed E-state index contributed by atoms with van der Waals surface area (Å²) in [5.74, 6) is -0.404. The van der Waals surface area contributed by atoms with Gasteiger partial charge in [0, 0.05) is 0 Å². The molecule has 2 aromatic carbocycles. The zero-order chi connectivity index (χ0) is 15.5. The average molecular weight is 314 g/mol. The van der Waals surface area contributed by atoms with Crippen molar-refractivity contribution in [2.75, 3.05) is 0 Å². The molecule has 1 aliphatic heterocycles. The van der Waals surface area contributed by atoms with E-state index in [4.69, 9.17) is 0 Å². The van der Waals surface area contributed by atoms with E-state index in [2.05, 4.69) is 10.3 Å². The Labute approximate surface area is 132 Å². The molecule has 5 heteroatoms. The van der Waals surface area contributed by atoms with E-state index in [1.165, 1.54) is 17.8 Å². The summed E-state index contributed by atoms with van der Waals surface area (Å²) >= 11 is 1.34. The summed E-state index contributed by atoms with van der Waals surface area (Å²) in [6.07, 6.45) is 0.357. The average Bonchev–Trinajstić information content (AvgIpc) is 2.84. The minimum Gasteiger partial charge on any atom is -0.304 e. The van der Waals surface area contributed by atoms with E-state index in [0.717, 1.165) is 11.3 Å². The lowest BCUT2D eigenvalue weighted by Gasteiger charge is -2.06. The maximum absolute atomic E-state index is 13.7. The van der Waals surface area contributed by atoms with Gasteiger partial charge in [0.05, 0.1) is 10.9 Å². The lowest BCUT2D eigenvalue weighted by molar-refractivity contribution is -0.118. The number of hydrogen-bond acceptors (Lipinski definition) is 3. The van der Waals surface area contributed by atoms with Crippen LogP contribution in [-0.4, -0.2) is 16.3 Å². The maximum Gasteiger partial charge on any atom is 0.239 e. The predicted octanol–water partition coefficient (Wildman–Crippen LogP) is 3.60. The smallest absolute Gasteiger partial charge is 0.239 e. The number of amidine groups is 1. The summed E-state index contributed by atoms with van der Waals surface area (Å²) in [5.41, 5.74) is 2.50. The summed E-state index contributed by atoms with van der Waals surface area (Å²) in [5, 5.41) is 2.98. The Kier molecular flexibility index (Phi) is 4.24. The number of aliphatic imine (C=N–C) groups is 1. The molecule has 0 aliphatic carbocycles. The molecule has 0 bridgehead atoms. The first-order valence-electron chi connectivity index (χ1n) is 6.98. The van der Waals surface area contributed by atoms with Gasteiger partial charge in [-0.15, -0.1) is 0 Å². The highest BCUT2D eigenvalue weighted by molar-refractivity contribution is 8.15. The number of carbonyl (C=O) groups excluding carboxylic acids is 1. The topological polar surface area (TPSA) is 41.5 Å². The van der Waals surface area contributed by atoms with Gasteiger partial charge in [0.25, 0.3) is 0 Å². The van der Waals surface area contributed by atoms with Crippen molar-refractivity contribution in [1.82, 2.24) is 5.32 Å². The Bertz CT molecular complexity index is 728. The molecule has 3 rings (SSSR count). The fourth-order valence-corrected chi connectivity index (χ4v) is 3.21. The van der Waals surface area contributed by atoms with Crippen LogP contribution in [0.3, 0.4) is 0 Å². The monoisotopic (exact) mass is 314 g/mol. The van der Waals surface area contributed by atoms with Gasteiger partial charge in [-0.2, -0.15) is 0 Å². The predicted molar refractivity (Wildman–Crippen MR) is 87.9 cm³/mol. The number of rotatable bonds is 3. The van der Waals surface area contributed by atoms with Gasteiger partial charge in [0.2, 0.25) is 5.91 Å². The first-order valence-corrected chi connectivity index (χ1v) is 7.86. The molecule has 1 atom stereocenters. The fraction of sp³-hybridized carbons (Fsp3) is 0.176.